The lowest BCUT2D eigenvalue weighted by molar-refractivity contribution is -0.130. The van der Waals surface area contributed by atoms with Gasteiger partial charge in [0, 0.05) is 13.1 Å². The van der Waals surface area contributed by atoms with E-state index in [1.807, 2.05) is 54.6 Å². The Bertz CT molecular complexity index is 852. The monoisotopic (exact) mass is 395 g/mol. The van der Waals surface area contributed by atoms with Crippen molar-refractivity contribution in [3.8, 4) is 5.75 Å². The molecule has 152 valence electrons. The summed E-state index contributed by atoms with van der Waals surface area (Å²) in [5, 5.41) is 5.41. The molecule has 7 heteroatoms. The average Bonchev–Trinajstić information content (AvgIpc) is 3.00. The molecule has 0 spiro atoms. The molecular formula is C22H25N3O4. The zero-order valence-corrected chi connectivity index (χ0v) is 16.4. The smallest absolute Gasteiger partial charge is 0.324 e. The number of urea groups is 1. The van der Waals surface area contributed by atoms with Crippen LogP contribution in [0.3, 0.4) is 0 Å². The summed E-state index contributed by atoms with van der Waals surface area (Å²) in [6.07, 6.45) is 1.20. The molecule has 1 heterocycles. The normalized spacial score (nSPS) is 15.9. The number of carbonyl (C=O) groups excluding carboxylic acids is 3. The highest BCUT2D eigenvalue weighted by molar-refractivity contribution is 6.05. The Balaban J connectivity index is 1.44. The number of imide groups is 1. The SMILES string of the molecule is COc1ccc(CCN2C(=O)N[C@@H](CC(=O)NCCc3ccccc3)C2=O)cc1. The molecular weight excluding hydrogens is 370 g/mol. The lowest BCUT2D eigenvalue weighted by atomic mass is 10.1. The molecule has 29 heavy (non-hydrogen) atoms. The fraction of sp³-hybridized carbons (Fsp3) is 0.318. The van der Waals surface area contributed by atoms with E-state index in [2.05, 4.69) is 10.6 Å². The van der Waals surface area contributed by atoms with Crippen molar-refractivity contribution in [1.29, 1.82) is 0 Å². The first-order chi connectivity index (χ1) is 14.1. The zero-order valence-electron chi connectivity index (χ0n) is 16.4. The molecule has 1 atom stereocenters. The van der Waals surface area contributed by atoms with Gasteiger partial charge in [0.15, 0.2) is 0 Å². The summed E-state index contributed by atoms with van der Waals surface area (Å²) in [7, 11) is 1.60. The van der Waals surface area contributed by atoms with Crippen molar-refractivity contribution in [3.05, 3.63) is 65.7 Å². The first-order valence-electron chi connectivity index (χ1n) is 9.62. The number of hydrogen-bond acceptors (Lipinski definition) is 4. The molecule has 0 aliphatic carbocycles. The Labute approximate surface area is 170 Å². The second-order valence-electron chi connectivity index (χ2n) is 6.88. The van der Waals surface area contributed by atoms with Crippen molar-refractivity contribution in [1.82, 2.24) is 15.5 Å². The van der Waals surface area contributed by atoms with Crippen LogP contribution in [0, 0.1) is 0 Å². The molecule has 7 nitrogen and oxygen atoms in total. The fourth-order valence-corrected chi connectivity index (χ4v) is 3.21. The highest BCUT2D eigenvalue weighted by atomic mass is 16.5. The molecule has 1 fully saturated rings. The van der Waals surface area contributed by atoms with E-state index in [1.165, 1.54) is 4.90 Å². The lowest BCUT2D eigenvalue weighted by Gasteiger charge is -2.13. The van der Waals surface area contributed by atoms with Crippen molar-refractivity contribution >= 4 is 17.8 Å². The van der Waals surface area contributed by atoms with Gasteiger partial charge in [0.25, 0.3) is 5.91 Å². The van der Waals surface area contributed by atoms with Gasteiger partial charge in [-0.25, -0.2) is 4.79 Å². The van der Waals surface area contributed by atoms with Crippen LogP contribution < -0.4 is 15.4 Å². The Morgan fingerprint density at radius 3 is 2.41 bits per heavy atom. The van der Waals surface area contributed by atoms with Gasteiger partial charge in [-0.15, -0.1) is 0 Å². The van der Waals surface area contributed by atoms with E-state index in [4.69, 9.17) is 4.74 Å². The van der Waals surface area contributed by atoms with Crippen LogP contribution in [0.5, 0.6) is 5.75 Å². The molecule has 2 aromatic rings. The van der Waals surface area contributed by atoms with Crippen molar-refractivity contribution < 1.29 is 19.1 Å². The van der Waals surface area contributed by atoms with Gasteiger partial charge in [0.05, 0.1) is 13.5 Å². The molecule has 2 N–H and O–H groups in total. The molecule has 0 bridgehead atoms. The quantitative estimate of drug-likeness (QED) is 0.635. The third-order valence-corrected chi connectivity index (χ3v) is 4.86. The van der Waals surface area contributed by atoms with E-state index in [0.717, 1.165) is 16.9 Å². The third-order valence-electron chi connectivity index (χ3n) is 4.86. The molecule has 0 radical (unpaired) electrons. The fourth-order valence-electron chi connectivity index (χ4n) is 3.21. The number of hydrogen-bond donors (Lipinski definition) is 2. The van der Waals surface area contributed by atoms with E-state index >= 15 is 0 Å². The van der Waals surface area contributed by atoms with Crippen LogP contribution in [0.1, 0.15) is 17.5 Å². The summed E-state index contributed by atoms with van der Waals surface area (Å²) < 4.78 is 5.12. The van der Waals surface area contributed by atoms with E-state index < -0.39 is 12.1 Å². The number of benzene rings is 2. The molecule has 1 aliphatic rings. The Hall–Kier alpha value is -3.35. The number of methoxy groups -OCH3 is 1. The minimum atomic E-state index is -0.810. The number of carbonyl (C=O) groups is 3. The van der Waals surface area contributed by atoms with Crippen LogP contribution in [0.25, 0.3) is 0 Å². The summed E-state index contributed by atoms with van der Waals surface area (Å²) in [5.74, 6) is 0.139. The van der Waals surface area contributed by atoms with Crippen LogP contribution >= 0.6 is 0 Å². The van der Waals surface area contributed by atoms with Crippen molar-refractivity contribution in [2.45, 2.75) is 25.3 Å². The first-order valence-corrected chi connectivity index (χ1v) is 9.62. The Morgan fingerprint density at radius 2 is 1.72 bits per heavy atom. The number of ether oxygens (including phenoxy) is 1. The number of nitrogens with zero attached hydrogens (tertiary/aromatic N) is 1. The first kappa shape index (κ1) is 20.4. The lowest BCUT2D eigenvalue weighted by Crippen LogP contribution is -2.37. The highest BCUT2D eigenvalue weighted by Gasteiger charge is 2.38. The Morgan fingerprint density at radius 1 is 1.03 bits per heavy atom. The minimum absolute atomic E-state index is 0.0571. The van der Waals surface area contributed by atoms with Crippen LogP contribution in [0.2, 0.25) is 0 Å². The van der Waals surface area contributed by atoms with Crippen molar-refractivity contribution in [3.63, 3.8) is 0 Å². The van der Waals surface area contributed by atoms with Gasteiger partial charge in [-0.05, 0) is 36.1 Å². The Kier molecular flexibility index (Phi) is 6.84. The van der Waals surface area contributed by atoms with E-state index in [9.17, 15) is 14.4 Å². The van der Waals surface area contributed by atoms with E-state index in [-0.39, 0.29) is 24.8 Å². The standard InChI is InChI=1S/C22H25N3O4/c1-29-18-9-7-17(8-10-18)12-14-25-21(27)19(24-22(25)28)15-20(26)23-13-11-16-5-3-2-4-6-16/h2-10,19H,11-15H2,1H3,(H,23,26)(H,24,28)/t19-/m0/s1. The van der Waals surface area contributed by atoms with Gasteiger partial charge >= 0.3 is 6.03 Å². The maximum absolute atomic E-state index is 12.5. The summed E-state index contributed by atoms with van der Waals surface area (Å²) in [4.78, 5) is 38.0. The maximum atomic E-state index is 12.5. The predicted molar refractivity (Wildman–Crippen MR) is 109 cm³/mol. The molecule has 3 rings (SSSR count). The van der Waals surface area contributed by atoms with Crippen molar-refractivity contribution in [2.75, 3.05) is 20.2 Å². The van der Waals surface area contributed by atoms with E-state index in [0.29, 0.717) is 19.4 Å². The molecule has 0 saturated carbocycles. The molecule has 0 unspecified atom stereocenters. The third kappa shape index (κ3) is 5.57. The van der Waals surface area contributed by atoms with Gasteiger partial charge in [0.1, 0.15) is 11.8 Å². The summed E-state index contributed by atoms with van der Waals surface area (Å²) in [6, 6.07) is 16.0. The second kappa shape index (κ2) is 9.73. The largest absolute Gasteiger partial charge is 0.497 e. The van der Waals surface area contributed by atoms with Gasteiger partial charge in [-0.2, -0.15) is 0 Å². The summed E-state index contributed by atoms with van der Waals surface area (Å²) in [6.45, 7) is 0.752. The van der Waals surface area contributed by atoms with Crippen LogP contribution in [-0.2, 0) is 22.4 Å². The van der Waals surface area contributed by atoms with Crippen LogP contribution in [0.15, 0.2) is 54.6 Å². The molecule has 2 aromatic carbocycles. The topological polar surface area (TPSA) is 87.7 Å². The highest BCUT2D eigenvalue weighted by Crippen LogP contribution is 2.14. The van der Waals surface area contributed by atoms with Crippen LogP contribution in [-0.4, -0.2) is 49.0 Å². The number of amides is 4. The molecule has 1 aliphatic heterocycles. The number of rotatable bonds is 9. The minimum Gasteiger partial charge on any atom is -0.497 e. The predicted octanol–water partition coefficient (Wildman–Crippen LogP) is 1.91. The number of nitrogens with one attached hydrogen (secondary N) is 2. The van der Waals surface area contributed by atoms with Crippen LogP contribution in [0.4, 0.5) is 4.79 Å². The van der Waals surface area contributed by atoms with Gasteiger partial charge in [0.2, 0.25) is 5.91 Å². The van der Waals surface area contributed by atoms with Gasteiger partial charge in [-0.3, -0.25) is 14.5 Å². The maximum Gasteiger partial charge on any atom is 0.324 e. The molecule has 4 amide bonds. The van der Waals surface area contributed by atoms with E-state index in [1.54, 1.807) is 7.11 Å². The molecule has 0 aromatic heterocycles. The zero-order chi connectivity index (χ0) is 20.6. The van der Waals surface area contributed by atoms with Gasteiger partial charge in [-0.1, -0.05) is 42.5 Å². The average molecular weight is 395 g/mol. The van der Waals surface area contributed by atoms with Gasteiger partial charge < -0.3 is 15.4 Å². The van der Waals surface area contributed by atoms with Crippen molar-refractivity contribution in [2.24, 2.45) is 0 Å². The summed E-state index contributed by atoms with van der Waals surface area (Å²) >= 11 is 0. The second-order valence-corrected chi connectivity index (χ2v) is 6.88. The summed E-state index contributed by atoms with van der Waals surface area (Å²) in [5.41, 5.74) is 2.12. The molecule has 1 saturated heterocycles.